The van der Waals surface area contributed by atoms with Gasteiger partial charge in [-0.3, -0.25) is 9.89 Å². The molecule has 0 bridgehead atoms. The van der Waals surface area contributed by atoms with Crippen molar-refractivity contribution in [3.8, 4) is 0 Å². The molecule has 3 rings (SSSR count). The number of nitrogens with zero attached hydrogens (tertiary/aromatic N) is 3. The fourth-order valence-corrected chi connectivity index (χ4v) is 2.67. The Hall–Kier alpha value is -2.54. The van der Waals surface area contributed by atoms with Crippen molar-refractivity contribution in [1.82, 2.24) is 25.5 Å². The molecule has 0 aliphatic heterocycles. The van der Waals surface area contributed by atoms with Gasteiger partial charge in [-0.2, -0.15) is 5.10 Å². The van der Waals surface area contributed by atoms with Crippen molar-refractivity contribution in [3.63, 3.8) is 0 Å². The Morgan fingerprint density at radius 3 is 3.00 bits per heavy atom. The van der Waals surface area contributed by atoms with E-state index in [0.717, 1.165) is 21.0 Å². The van der Waals surface area contributed by atoms with Crippen molar-refractivity contribution in [2.45, 2.75) is 13.5 Å². The maximum atomic E-state index is 11.7. The van der Waals surface area contributed by atoms with Crippen molar-refractivity contribution >= 4 is 33.5 Å². The molecule has 0 spiro atoms. The van der Waals surface area contributed by atoms with Crippen LogP contribution in [0.4, 0.5) is 0 Å². The van der Waals surface area contributed by atoms with Gasteiger partial charge >= 0.3 is 0 Å². The smallest absolute Gasteiger partial charge is 0.244 e. The molecule has 7 heteroatoms. The number of benzene rings is 1. The molecule has 1 amide bonds. The monoisotopic (exact) mass is 299 g/mol. The second kappa shape index (κ2) is 5.84. The minimum atomic E-state index is -0.197. The van der Waals surface area contributed by atoms with Crippen molar-refractivity contribution in [3.05, 3.63) is 47.0 Å². The number of fused-ring (bicyclic) bond motifs is 1. The van der Waals surface area contributed by atoms with E-state index in [2.05, 4.69) is 25.5 Å². The number of thiazole rings is 1. The summed E-state index contributed by atoms with van der Waals surface area (Å²) in [6.07, 6.45) is 3.18. The third kappa shape index (κ3) is 3.32. The molecule has 2 N–H and O–H groups in total. The average molecular weight is 299 g/mol. The topological polar surface area (TPSA) is 83.6 Å². The molecule has 106 valence electrons. The first-order chi connectivity index (χ1) is 10.2. The number of aromatic nitrogens is 4. The van der Waals surface area contributed by atoms with Crippen LogP contribution in [0.1, 0.15) is 16.7 Å². The van der Waals surface area contributed by atoms with Gasteiger partial charge in [0.05, 0.1) is 16.8 Å². The highest BCUT2D eigenvalue weighted by atomic mass is 32.1. The van der Waals surface area contributed by atoms with Gasteiger partial charge in [0.2, 0.25) is 5.91 Å². The number of para-hydroxylation sites is 1. The van der Waals surface area contributed by atoms with Crippen LogP contribution >= 0.6 is 11.3 Å². The molecule has 0 unspecified atom stereocenters. The Kier molecular flexibility index (Phi) is 3.74. The van der Waals surface area contributed by atoms with Gasteiger partial charge in [0.1, 0.15) is 10.8 Å². The highest BCUT2D eigenvalue weighted by Gasteiger charge is 2.03. The lowest BCUT2D eigenvalue weighted by molar-refractivity contribution is -0.116. The first-order valence-electron chi connectivity index (χ1n) is 6.40. The van der Waals surface area contributed by atoms with E-state index in [-0.39, 0.29) is 5.91 Å². The molecule has 6 nitrogen and oxygen atoms in total. The minimum Gasteiger partial charge on any atom is -0.345 e. The van der Waals surface area contributed by atoms with E-state index in [1.54, 1.807) is 17.4 Å². The van der Waals surface area contributed by atoms with Crippen molar-refractivity contribution in [2.75, 3.05) is 0 Å². The molecule has 0 aliphatic rings. The van der Waals surface area contributed by atoms with Gasteiger partial charge in [0, 0.05) is 6.08 Å². The molecule has 2 heterocycles. The Labute approximate surface area is 124 Å². The molecule has 0 saturated heterocycles. The first-order valence-corrected chi connectivity index (χ1v) is 7.22. The zero-order valence-corrected chi connectivity index (χ0v) is 12.1. The van der Waals surface area contributed by atoms with E-state index >= 15 is 0 Å². The highest BCUT2D eigenvalue weighted by Crippen LogP contribution is 2.22. The van der Waals surface area contributed by atoms with Gasteiger partial charge in [-0.1, -0.05) is 12.1 Å². The first kappa shape index (κ1) is 13.4. The number of hydrogen-bond donors (Lipinski definition) is 2. The number of aromatic amines is 1. The Morgan fingerprint density at radius 1 is 1.38 bits per heavy atom. The van der Waals surface area contributed by atoms with E-state index in [0.29, 0.717) is 12.4 Å². The predicted octanol–water partition coefficient (Wildman–Crippen LogP) is 2.05. The zero-order valence-electron chi connectivity index (χ0n) is 11.3. The normalized spacial score (nSPS) is 11.3. The summed E-state index contributed by atoms with van der Waals surface area (Å²) < 4.78 is 1.11. The van der Waals surface area contributed by atoms with E-state index < -0.39 is 0 Å². The van der Waals surface area contributed by atoms with Crippen LogP contribution in [0.2, 0.25) is 0 Å². The van der Waals surface area contributed by atoms with Crippen LogP contribution in [0.15, 0.2) is 30.3 Å². The lowest BCUT2D eigenvalue weighted by atomic mass is 10.3. The van der Waals surface area contributed by atoms with Crippen molar-refractivity contribution in [1.29, 1.82) is 0 Å². The zero-order chi connectivity index (χ0) is 14.7. The number of nitrogens with one attached hydrogen (secondary N) is 2. The SMILES string of the molecule is Cc1nc(CNC(=O)C=Cc2nc3ccccc3s2)n[nH]1. The van der Waals surface area contributed by atoms with Crippen LogP contribution in [0.25, 0.3) is 16.3 Å². The standard InChI is InChI=1S/C14H13N5OS/c1-9-16-12(19-18-9)8-15-13(20)6-7-14-17-10-4-2-3-5-11(10)21-14/h2-7H,8H2,1H3,(H,15,20)(H,16,18,19). The number of carbonyl (C=O) groups is 1. The van der Waals surface area contributed by atoms with Crippen molar-refractivity contribution < 1.29 is 4.79 Å². The van der Waals surface area contributed by atoms with Crippen LogP contribution in [0, 0.1) is 6.92 Å². The minimum absolute atomic E-state index is 0.197. The molecule has 0 saturated carbocycles. The average Bonchev–Trinajstić information content (AvgIpc) is 3.08. The molecular weight excluding hydrogens is 286 g/mol. The summed E-state index contributed by atoms with van der Waals surface area (Å²) in [7, 11) is 0. The number of carbonyl (C=O) groups excluding carboxylic acids is 1. The Morgan fingerprint density at radius 2 is 2.24 bits per heavy atom. The Bertz CT molecular complexity index is 771. The lowest BCUT2D eigenvalue weighted by Gasteiger charge is -1.96. The third-order valence-electron chi connectivity index (χ3n) is 2.75. The molecule has 0 atom stereocenters. The van der Waals surface area contributed by atoms with Crippen LogP contribution in [-0.4, -0.2) is 26.1 Å². The lowest BCUT2D eigenvalue weighted by Crippen LogP contribution is -2.20. The second-order valence-electron chi connectivity index (χ2n) is 4.41. The summed E-state index contributed by atoms with van der Waals surface area (Å²) in [4.78, 5) is 20.3. The number of amides is 1. The number of aryl methyl sites for hydroxylation is 1. The quantitative estimate of drug-likeness (QED) is 0.722. The molecule has 0 aliphatic carbocycles. The highest BCUT2D eigenvalue weighted by molar-refractivity contribution is 7.19. The van der Waals surface area contributed by atoms with Gasteiger partial charge in [-0.05, 0) is 25.1 Å². The van der Waals surface area contributed by atoms with Gasteiger partial charge in [0.25, 0.3) is 0 Å². The molecule has 3 aromatic rings. The maximum Gasteiger partial charge on any atom is 0.244 e. The van der Waals surface area contributed by atoms with Crippen LogP contribution < -0.4 is 5.32 Å². The van der Waals surface area contributed by atoms with Gasteiger partial charge < -0.3 is 5.32 Å². The fourth-order valence-electron chi connectivity index (χ4n) is 1.80. The summed E-state index contributed by atoms with van der Waals surface area (Å²) >= 11 is 1.55. The third-order valence-corrected chi connectivity index (χ3v) is 3.75. The van der Waals surface area contributed by atoms with Gasteiger partial charge in [-0.25, -0.2) is 9.97 Å². The van der Waals surface area contributed by atoms with E-state index in [1.165, 1.54) is 6.08 Å². The van der Waals surface area contributed by atoms with E-state index in [1.807, 2.05) is 31.2 Å². The van der Waals surface area contributed by atoms with Crippen LogP contribution in [-0.2, 0) is 11.3 Å². The molecular formula is C14H13N5OS. The number of H-pyrrole nitrogens is 1. The van der Waals surface area contributed by atoms with Crippen LogP contribution in [0.3, 0.4) is 0 Å². The van der Waals surface area contributed by atoms with Crippen molar-refractivity contribution in [2.24, 2.45) is 0 Å². The summed E-state index contributed by atoms with van der Waals surface area (Å²) in [5.74, 6) is 1.09. The summed E-state index contributed by atoms with van der Waals surface area (Å²) in [6.45, 7) is 2.11. The molecule has 0 radical (unpaired) electrons. The second-order valence-corrected chi connectivity index (χ2v) is 5.47. The van der Waals surface area contributed by atoms with Gasteiger partial charge in [0.15, 0.2) is 5.82 Å². The molecule has 0 fully saturated rings. The predicted molar refractivity (Wildman–Crippen MR) is 81.6 cm³/mol. The Balaban J connectivity index is 1.61. The summed E-state index contributed by atoms with van der Waals surface area (Å²) in [6, 6.07) is 7.88. The summed E-state index contributed by atoms with van der Waals surface area (Å²) in [5, 5.41) is 10.2. The van der Waals surface area contributed by atoms with E-state index in [9.17, 15) is 4.79 Å². The number of hydrogen-bond acceptors (Lipinski definition) is 5. The largest absolute Gasteiger partial charge is 0.345 e. The van der Waals surface area contributed by atoms with Gasteiger partial charge in [-0.15, -0.1) is 11.3 Å². The molecule has 21 heavy (non-hydrogen) atoms. The van der Waals surface area contributed by atoms with E-state index in [4.69, 9.17) is 0 Å². The maximum absolute atomic E-state index is 11.7. The molecule has 2 aromatic heterocycles. The van der Waals surface area contributed by atoms with Crippen LogP contribution in [0.5, 0.6) is 0 Å². The summed E-state index contributed by atoms with van der Waals surface area (Å²) in [5.41, 5.74) is 0.943. The molecule has 1 aromatic carbocycles. The number of rotatable bonds is 4. The fraction of sp³-hybridized carbons (Fsp3) is 0.143.